The Bertz CT molecular complexity index is 522. The molecule has 5 heteroatoms. The average Bonchev–Trinajstić information content (AvgIpc) is 2.66. The maximum atomic E-state index is 10.7. The Hall–Kier alpha value is -0.970. The standard InChI is InChI=1S/C11H7ClO2S2/c12-7-2-1-3-8(6-7)15-10-5-4-9(16-10)11(13)14/h1-6H,(H,13,14). The van der Waals surface area contributed by atoms with Crippen LogP contribution in [-0.4, -0.2) is 11.1 Å². The second-order valence-corrected chi connectivity index (χ2v) is 5.88. The van der Waals surface area contributed by atoms with Crippen molar-refractivity contribution in [3.8, 4) is 0 Å². The third kappa shape index (κ3) is 2.78. The average molecular weight is 271 g/mol. The molecular formula is C11H7ClO2S2. The van der Waals surface area contributed by atoms with Crippen LogP contribution in [0.15, 0.2) is 45.5 Å². The summed E-state index contributed by atoms with van der Waals surface area (Å²) in [6.45, 7) is 0. The van der Waals surface area contributed by atoms with E-state index in [1.54, 1.807) is 12.1 Å². The minimum atomic E-state index is -0.886. The van der Waals surface area contributed by atoms with Crippen LogP contribution < -0.4 is 0 Å². The number of halogens is 1. The maximum Gasteiger partial charge on any atom is 0.345 e. The van der Waals surface area contributed by atoms with Crippen LogP contribution in [0.3, 0.4) is 0 Å². The Kier molecular flexibility index (Phi) is 3.53. The molecule has 0 bridgehead atoms. The molecular weight excluding hydrogens is 264 g/mol. The van der Waals surface area contributed by atoms with E-state index in [1.165, 1.54) is 23.1 Å². The van der Waals surface area contributed by atoms with Crippen molar-refractivity contribution in [1.82, 2.24) is 0 Å². The maximum absolute atomic E-state index is 10.7. The summed E-state index contributed by atoms with van der Waals surface area (Å²) in [6.07, 6.45) is 0. The van der Waals surface area contributed by atoms with E-state index in [1.807, 2.05) is 24.3 Å². The molecule has 2 nitrogen and oxygen atoms in total. The second-order valence-electron chi connectivity index (χ2n) is 2.98. The number of carboxylic acids is 1. The molecule has 0 radical (unpaired) electrons. The highest BCUT2D eigenvalue weighted by atomic mass is 35.5. The van der Waals surface area contributed by atoms with Gasteiger partial charge < -0.3 is 5.11 Å². The van der Waals surface area contributed by atoms with Crippen LogP contribution in [0.4, 0.5) is 0 Å². The number of hydrogen-bond acceptors (Lipinski definition) is 3. The van der Waals surface area contributed by atoms with Crippen molar-refractivity contribution >= 4 is 40.7 Å². The third-order valence-corrected chi connectivity index (χ3v) is 4.24. The number of benzene rings is 1. The first kappa shape index (κ1) is 11.5. The van der Waals surface area contributed by atoms with Crippen molar-refractivity contribution in [3.63, 3.8) is 0 Å². The first-order valence-electron chi connectivity index (χ1n) is 4.42. The van der Waals surface area contributed by atoms with E-state index in [-0.39, 0.29) is 0 Å². The molecule has 0 aliphatic rings. The topological polar surface area (TPSA) is 37.3 Å². The Labute approximate surface area is 106 Å². The Balaban J connectivity index is 2.17. The molecule has 82 valence electrons. The van der Waals surface area contributed by atoms with Crippen LogP contribution in [0.1, 0.15) is 9.67 Å². The molecule has 1 aromatic carbocycles. The molecule has 2 rings (SSSR count). The minimum absolute atomic E-state index is 0.351. The molecule has 0 atom stereocenters. The molecule has 2 aromatic rings. The molecule has 0 saturated heterocycles. The van der Waals surface area contributed by atoms with Gasteiger partial charge in [-0.05, 0) is 30.3 Å². The smallest absolute Gasteiger partial charge is 0.345 e. The van der Waals surface area contributed by atoms with Gasteiger partial charge in [-0.1, -0.05) is 29.4 Å². The molecule has 0 unspecified atom stereocenters. The van der Waals surface area contributed by atoms with Gasteiger partial charge in [0, 0.05) is 9.92 Å². The largest absolute Gasteiger partial charge is 0.477 e. The SMILES string of the molecule is O=C(O)c1ccc(Sc2cccc(Cl)c2)s1. The van der Waals surface area contributed by atoms with Gasteiger partial charge in [0.15, 0.2) is 0 Å². The van der Waals surface area contributed by atoms with Crippen molar-refractivity contribution < 1.29 is 9.90 Å². The van der Waals surface area contributed by atoms with E-state index in [0.29, 0.717) is 9.90 Å². The van der Waals surface area contributed by atoms with E-state index in [0.717, 1.165) is 9.10 Å². The second kappa shape index (κ2) is 4.91. The zero-order valence-corrected chi connectivity index (χ0v) is 10.4. The first-order chi connectivity index (χ1) is 7.65. The van der Waals surface area contributed by atoms with Crippen molar-refractivity contribution in [2.75, 3.05) is 0 Å². The van der Waals surface area contributed by atoms with Crippen molar-refractivity contribution in [2.45, 2.75) is 9.10 Å². The molecule has 1 N–H and O–H groups in total. The van der Waals surface area contributed by atoms with Crippen LogP contribution in [0.2, 0.25) is 5.02 Å². The number of rotatable bonds is 3. The summed E-state index contributed by atoms with van der Waals surface area (Å²) in [5, 5.41) is 9.47. The zero-order chi connectivity index (χ0) is 11.5. The number of thiophene rings is 1. The fraction of sp³-hybridized carbons (Fsp3) is 0. The molecule has 1 heterocycles. The summed E-state index contributed by atoms with van der Waals surface area (Å²) in [7, 11) is 0. The van der Waals surface area contributed by atoms with Gasteiger partial charge in [-0.2, -0.15) is 0 Å². The number of carboxylic acid groups (broad SMARTS) is 1. The highest BCUT2D eigenvalue weighted by Gasteiger charge is 2.07. The molecule has 1 aromatic heterocycles. The van der Waals surface area contributed by atoms with Gasteiger partial charge in [-0.15, -0.1) is 11.3 Å². The fourth-order valence-corrected chi connectivity index (χ4v) is 3.39. The van der Waals surface area contributed by atoms with Crippen molar-refractivity contribution in [1.29, 1.82) is 0 Å². The summed E-state index contributed by atoms with van der Waals surface area (Å²) in [6, 6.07) is 10.9. The molecule has 0 spiro atoms. The van der Waals surface area contributed by atoms with Crippen LogP contribution in [-0.2, 0) is 0 Å². The molecule has 0 saturated carbocycles. The van der Waals surface area contributed by atoms with Gasteiger partial charge in [0.1, 0.15) is 4.88 Å². The lowest BCUT2D eigenvalue weighted by Crippen LogP contribution is -1.89. The summed E-state index contributed by atoms with van der Waals surface area (Å²) in [5.74, 6) is -0.886. The Morgan fingerprint density at radius 1 is 1.31 bits per heavy atom. The van der Waals surface area contributed by atoms with Gasteiger partial charge in [0.2, 0.25) is 0 Å². The predicted octanol–water partition coefficient (Wildman–Crippen LogP) is 4.25. The summed E-state index contributed by atoms with van der Waals surface area (Å²) >= 11 is 8.64. The minimum Gasteiger partial charge on any atom is -0.477 e. The van der Waals surface area contributed by atoms with Crippen molar-refractivity contribution in [2.24, 2.45) is 0 Å². The van der Waals surface area contributed by atoms with Gasteiger partial charge >= 0.3 is 5.97 Å². The highest BCUT2D eigenvalue weighted by molar-refractivity contribution is 8.01. The van der Waals surface area contributed by atoms with E-state index in [9.17, 15) is 4.79 Å². The van der Waals surface area contributed by atoms with E-state index in [2.05, 4.69) is 0 Å². The van der Waals surface area contributed by atoms with Crippen LogP contribution in [0.5, 0.6) is 0 Å². The van der Waals surface area contributed by atoms with Crippen LogP contribution in [0, 0.1) is 0 Å². The van der Waals surface area contributed by atoms with E-state index < -0.39 is 5.97 Å². The van der Waals surface area contributed by atoms with Gasteiger partial charge in [0.25, 0.3) is 0 Å². The van der Waals surface area contributed by atoms with E-state index >= 15 is 0 Å². The third-order valence-electron chi connectivity index (χ3n) is 1.81. The normalized spacial score (nSPS) is 10.3. The number of aromatic carboxylic acids is 1. The lowest BCUT2D eigenvalue weighted by atomic mass is 10.4. The zero-order valence-electron chi connectivity index (χ0n) is 8.01. The van der Waals surface area contributed by atoms with Crippen LogP contribution in [0.25, 0.3) is 0 Å². The molecule has 0 amide bonds. The Morgan fingerprint density at radius 2 is 2.12 bits per heavy atom. The summed E-state index contributed by atoms with van der Waals surface area (Å²) < 4.78 is 0.944. The predicted molar refractivity (Wildman–Crippen MR) is 66.9 cm³/mol. The van der Waals surface area contributed by atoms with Gasteiger partial charge in [-0.25, -0.2) is 4.79 Å². The van der Waals surface area contributed by atoms with Gasteiger partial charge in [-0.3, -0.25) is 0 Å². The first-order valence-corrected chi connectivity index (χ1v) is 6.43. The molecule has 0 aliphatic carbocycles. The molecule has 0 aliphatic heterocycles. The molecule has 0 fully saturated rings. The monoisotopic (exact) mass is 270 g/mol. The number of carbonyl (C=O) groups is 1. The lowest BCUT2D eigenvalue weighted by molar-refractivity contribution is 0.0702. The van der Waals surface area contributed by atoms with Crippen LogP contribution >= 0.6 is 34.7 Å². The van der Waals surface area contributed by atoms with Crippen molar-refractivity contribution in [3.05, 3.63) is 46.3 Å². The highest BCUT2D eigenvalue weighted by Crippen LogP contribution is 2.34. The number of hydrogen-bond donors (Lipinski definition) is 1. The summed E-state index contributed by atoms with van der Waals surface area (Å²) in [5.41, 5.74) is 0. The Morgan fingerprint density at radius 3 is 2.75 bits per heavy atom. The lowest BCUT2D eigenvalue weighted by Gasteiger charge is -1.98. The van der Waals surface area contributed by atoms with Gasteiger partial charge in [0.05, 0.1) is 4.21 Å². The summed E-state index contributed by atoms with van der Waals surface area (Å²) in [4.78, 5) is 12.1. The quantitative estimate of drug-likeness (QED) is 0.906. The fourth-order valence-electron chi connectivity index (χ4n) is 1.14. The molecule has 16 heavy (non-hydrogen) atoms. The van der Waals surface area contributed by atoms with E-state index in [4.69, 9.17) is 16.7 Å².